The van der Waals surface area contributed by atoms with E-state index < -0.39 is 0 Å². The van der Waals surface area contributed by atoms with Gasteiger partial charge in [-0.25, -0.2) is 9.97 Å². The van der Waals surface area contributed by atoms with Gasteiger partial charge in [-0.05, 0) is 49.4 Å². The third kappa shape index (κ3) is 3.17. The molecule has 1 heterocycles. The lowest BCUT2D eigenvalue weighted by Gasteiger charge is -2.06. The van der Waals surface area contributed by atoms with Crippen LogP contribution in [0.4, 0.5) is 0 Å². The number of carbonyl (C=O) groups excluding carboxylic acids is 1. The van der Waals surface area contributed by atoms with E-state index in [9.17, 15) is 4.79 Å². The van der Waals surface area contributed by atoms with Crippen LogP contribution in [0.2, 0.25) is 0 Å². The Bertz CT molecular complexity index is 584. The van der Waals surface area contributed by atoms with Crippen molar-refractivity contribution in [2.24, 2.45) is 0 Å². The van der Waals surface area contributed by atoms with Gasteiger partial charge >= 0.3 is 0 Å². The number of hydrogen-bond donors (Lipinski definition) is 0. The van der Waals surface area contributed by atoms with E-state index in [4.69, 9.17) is 0 Å². The molecule has 92 valence electrons. The highest BCUT2D eigenvalue weighted by molar-refractivity contribution is 9.10. The van der Waals surface area contributed by atoms with Crippen LogP contribution in [-0.4, -0.2) is 15.8 Å². The van der Waals surface area contributed by atoms with Crippen molar-refractivity contribution in [2.75, 3.05) is 0 Å². The monoisotopic (exact) mass is 322 g/mol. The smallest absolute Gasteiger partial charge is 0.192 e. The second kappa shape index (κ2) is 5.63. The molecular formula is C13H11BrN2OS. The van der Waals surface area contributed by atoms with Crippen molar-refractivity contribution in [1.82, 2.24) is 9.97 Å². The van der Waals surface area contributed by atoms with Crippen LogP contribution >= 0.6 is 27.7 Å². The molecule has 0 aliphatic carbocycles. The zero-order chi connectivity index (χ0) is 13.1. The summed E-state index contributed by atoms with van der Waals surface area (Å²) < 4.78 is 0.891. The first-order chi connectivity index (χ1) is 8.56. The maximum absolute atomic E-state index is 11.6. The Hall–Kier alpha value is -1.20. The summed E-state index contributed by atoms with van der Waals surface area (Å²) >= 11 is 4.76. The quantitative estimate of drug-likeness (QED) is 0.635. The molecule has 0 fully saturated rings. The van der Waals surface area contributed by atoms with Crippen molar-refractivity contribution in [3.05, 3.63) is 46.2 Å². The first-order valence-corrected chi connectivity index (χ1v) is 6.94. The third-order valence-corrected chi connectivity index (χ3v) is 3.74. The summed E-state index contributed by atoms with van der Waals surface area (Å²) in [6.07, 6.45) is 3.53. The highest BCUT2D eigenvalue weighted by atomic mass is 79.9. The van der Waals surface area contributed by atoms with E-state index in [1.165, 1.54) is 11.8 Å². The van der Waals surface area contributed by atoms with E-state index in [0.717, 1.165) is 14.9 Å². The SMILES string of the molecule is CC(=O)c1cc(Br)ccc1Sc1ncc(C)cn1. The van der Waals surface area contributed by atoms with Crippen LogP contribution in [0.5, 0.6) is 0 Å². The van der Waals surface area contributed by atoms with E-state index in [0.29, 0.717) is 10.7 Å². The van der Waals surface area contributed by atoms with Gasteiger partial charge in [0.05, 0.1) is 0 Å². The number of nitrogens with zero attached hydrogens (tertiary/aromatic N) is 2. The van der Waals surface area contributed by atoms with Crippen LogP contribution < -0.4 is 0 Å². The summed E-state index contributed by atoms with van der Waals surface area (Å²) in [5.41, 5.74) is 1.69. The van der Waals surface area contributed by atoms with Crippen LogP contribution in [0.25, 0.3) is 0 Å². The van der Waals surface area contributed by atoms with E-state index in [-0.39, 0.29) is 5.78 Å². The molecule has 0 amide bonds. The van der Waals surface area contributed by atoms with Crippen LogP contribution in [-0.2, 0) is 0 Å². The predicted molar refractivity (Wildman–Crippen MR) is 75.0 cm³/mol. The van der Waals surface area contributed by atoms with Gasteiger partial charge < -0.3 is 0 Å². The zero-order valence-electron chi connectivity index (χ0n) is 9.98. The Morgan fingerprint density at radius 3 is 2.56 bits per heavy atom. The fourth-order valence-electron chi connectivity index (χ4n) is 1.40. The number of aromatic nitrogens is 2. The van der Waals surface area contributed by atoms with E-state index >= 15 is 0 Å². The summed E-state index contributed by atoms with van der Waals surface area (Å²) in [5.74, 6) is 0.0333. The second-order valence-corrected chi connectivity index (χ2v) is 5.77. The fourth-order valence-corrected chi connectivity index (χ4v) is 2.62. The molecule has 0 atom stereocenters. The lowest BCUT2D eigenvalue weighted by Crippen LogP contribution is -1.96. The van der Waals surface area contributed by atoms with Gasteiger partial charge in [0, 0.05) is 27.3 Å². The van der Waals surface area contributed by atoms with Gasteiger partial charge in [-0.15, -0.1) is 0 Å². The maximum Gasteiger partial charge on any atom is 0.192 e. The zero-order valence-corrected chi connectivity index (χ0v) is 12.4. The molecule has 0 saturated heterocycles. The Labute approximate surface area is 118 Å². The van der Waals surface area contributed by atoms with E-state index in [1.807, 2.05) is 25.1 Å². The highest BCUT2D eigenvalue weighted by Crippen LogP contribution is 2.30. The summed E-state index contributed by atoms with van der Waals surface area (Å²) in [6, 6.07) is 5.62. The second-order valence-electron chi connectivity index (χ2n) is 3.84. The Kier molecular flexibility index (Phi) is 4.14. The lowest BCUT2D eigenvalue weighted by atomic mass is 10.1. The average molecular weight is 323 g/mol. The van der Waals surface area contributed by atoms with E-state index in [1.54, 1.807) is 19.3 Å². The molecule has 1 aromatic carbocycles. The van der Waals surface area contributed by atoms with Crippen molar-refractivity contribution in [3.8, 4) is 0 Å². The standard InChI is InChI=1S/C13H11BrN2OS/c1-8-6-15-13(16-7-8)18-12-4-3-10(14)5-11(12)9(2)17/h3-7H,1-2H3. The van der Waals surface area contributed by atoms with Crippen LogP contribution in [0.1, 0.15) is 22.8 Å². The van der Waals surface area contributed by atoms with Gasteiger partial charge in [0.15, 0.2) is 10.9 Å². The van der Waals surface area contributed by atoms with Gasteiger partial charge in [-0.3, -0.25) is 4.79 Å². The summed E-state index contributed by atoms with van der Waals surface area (Å²) in [5, 5.41) is 0.644. The van der Waals surface area contributed by atoms with Gasteiger partial charge in [0.1, 0.15) is 0 Å². The number of hydrogen-bond acceptors (Lipinski definition) is 4. The number of benzene rings is 1. The lowest BCUT2D eigenvalue weighted by molar-refractivity contribution is 0.101. The summed E-state index contributed by atoms with van der Waals surface area (Å²) in [6.45, 7) is 3.50. The topological polar surface area (TPSA) is 42.9 Å². The predicted octanol–water partition coefficient (Wildman–Crippen LogP) is 3.90. The van der Waals surface area contributed by atoms with Gasteiger partial charge in [-0.1, -0.05) is 15.9 Å². The van der Waals surface area contributed by atoms with Crippen molar-refractivity contribution in [3.63, 3.8) is 0 Å². The molecule has 1 aromatic heterocycles. The molecule has 0 spiro atoms. The molecule has 0 radical (unpaired) electrons. The molecule has 0 aliphatic rings. The van der Waals surface area contributed by atoms with E-state index in [2.05, 4.69) is 25.9 Å². The minimum Gasteiger partial charge on any atom is -0.294 e. The highest BCUT2D eigenvalue weighted by Gasteiger charge is 2.10. The molecular weight excluding hydrogens is 312 g/mol. The Balaban J connectivity index is 2.34. The largest absolute Gasteiger partial charge is 0.294 e. The fraction of sp³-hybridized carbons (Fsp3) is 0.154. The van der Waals surface area contributed by atoms with Crippen molar-refractivity contribution in [2.45, 2.75) is 23.9 Å². The van der Waals surface area contributed by atoms with Crippen LogP contribution in [0, 0.1) is 6.92 Å². The van der Waals surface area contributed by atoms with Crippen molar-refractivity contribution >= 4 is 33.5 Å². The van der Waals surface area contributed by atoms with Gasteiger partial charge in [0.25, 0.3) is 0 Å². The normalized spacial score (nSPS) is 10.4. The molecule has 2 aromatic rings. The third-order valence-electron chi connectivity index (χ3n) is 2.28. The number of halogens is 1. The number of aryl methyl sites for hydroxylation is 1. The van der Waals surface area contributed by atoms with Gasteiger partial charge in [0.2, 0.25) is 0 Å². The number of Topliss-reactive ketones (excluding diaryl/α,β-unsaturated/α-hetero) is 1. The van der Waals surface area contributed by atoms with Crippen LogP contribution in [0.15, 0.2) is 45.1 Å². The molecule has 5 heteroatoms. The maximum atomic E-state index is 11.6. The molecule has 3 nitrogen and oxygen atoms in total. The average Bonchev–Trinajstić information content (AvgIpc) is 2.34. The molecule has 0 N–H and O–H groups in total. The molecule has 2 rings (SSSR count). The van der Waals surface area contributed by atoms with Crippen LogP contribution in [0.3, 0.4) is 0 Å². The molecule has 0 aliphatic heterocycles. The molecule has 0 unspecified atom stereocenters. The van der Waals surface area contributed by atoms with Crippen molar-refractivity contribution in [1.29, 1.82) is 0 Å². The summed E-state index contributed by atoms with van der Waals surface area (Å²) in [7, 11) is 0. The number of rotatable bonds is 3. The first kappa shape index (κ1) is 13.2. The molecule has 18 heavy (non-hydrogen) atoms. The minimum atomic E-state index is 0.0333. The minimum absolute atomic E-state index is 0.0333. The molecule has 0 saturated carbocycles. The first-order valence-electron chi connectivity index (χ1n) is 5.33. The summed E-state index contributed by atoms with van der Waals surface area (Å²) in [4.78, 5) is 20.9. The van der Waals surface area contributed by atoms with Crippen molar-refractivity contribution < 1.29 is 4.79 Å². The van der Waals surface area contributed by atoms with Gasteiger partial charge in [-0.2, -0.15) is 0 Å². The molecule has 0 bridgehead atoms. The Morgan fingerprint density at radius 2 is 1.94 bits per heavy atom. The Morgan fingerprint density at radius 1 is 1.28 bits per heavy atom. The number of carbonyl (C=O) groups is 1. The number of ketones is 1.